The van der Waals surface area contributed by atoms with Crippen LogP contribution in [0.3, 0.4) is 0 Å². The van der Waals surface area contributed by atoms with Gasteiger partial charge in [-0.1, -0.05) is 30.3 Å². The second kappa shape index (κ2) is 8.53. The summed E-state index contributed by atoms with van der Waals surface area (Å²) in [4.78, 5) is 23.9. The maximum Gasteiger partial charge on any atom is 0.426 e. The molecule has 0 aliphatic rings. The number of carbonyl (C=O) groups is 2. The maximum atomic E-state index is 12.3. The van der Waals surface area contributed by atoms with Crippen LogP contribution in [0.1, 0.15) is 27.2 Å². The van der Waals surface area contributed by atoms with Crippen LogP contribution in [0.5, 0.6) is 0 Å². The SMILES string of the molecule is CC(C)(C)OC(=O)NNC(=O)C(CCO)Nc1ccc2ccccc2c1. The number of hydrazine groups is 1. The van der Waals surface area contributed by atoms with Crippen molar-refractivity contribution in [1.29, 1.82) is 0 Å². The summed E-state index contributed by atoms with van der Waals surface area (Å²) in [5, 5.41) is 14.4. The lowest BCUT2D eigenvalue weighted by molar-refractivity contribution is -0.123. The van der Waals surface area contributed by atoms with Gasteiger partial charge in [-0.25, -0.2) is 10.2 Å². The van der Waals surface area contributed by atoms with E-state index in [1.807, 2.05) is 42.5 Å². The van der Waals surface area contributed by atoms with E-state index >= 15 is 0 Å². The monoisotopic (exact) mass is 359 g/mol. The molecule has 2 aromatic carbocycles. The van der Waals surface area contributed by atoms with Crippen molar-refractivity contribution in [3.8, 4) is 0 Å². The highest BCUT2D eigenvalue weighted by atomic mass is 16.6. The van der Waals surface area contributed by atoms with E-state index in [1.165, 1.54) is 0 Å². The second-order valence-electron chi connectivity index (χ2n) is 6.89. The van der Waals surface area contributed by atoms with Crippen LogP contribution >= 0.6 is 0 Å². The molecule has 140 valence electrons. The Hall–Kier alpha value is -2.80. The fraction of sp³-hybridized carbons (Fsp3) is 0.368. The van der Waals surface area contributed by atoms with E-state index in [0.29, 0.717) is 0 Å². The molecular weight excluding hydrogens is 334 g/mol. The van der Waals surface area contributed by atoms with Crippen molar-refractivity contribution >= 4 is 28.5 Å². The summed E-state index contributed by atoms with van der Waals surface area (Å²) in [5.74, 6) is -0.474. The smallest absolute Gasteiger partial charge is 0.426 e. The number of nitrogens with one attached hydrogen (secondary N) is 3. The average molecular weight is 359 g/mol. The standard InChI is InChI=1S/C19H25N3O4/c1-19(2,3)26-18(25)22-21-17(24)16(10-11-23)20-15-9-8-13-6-4-5-7-14(13)12-15/h4-9,12,16,20,23H,10-11H2,1-3H3,(H,21,24)(H,22,25). The Kier molecular flexibility index (Phi) is 6.41. The van der Waals surface area contributed by atoms with Gasteiger partial charge in [0.05, 0.1) is 0 Å². The van der Waals surface area contributed by atoms with E-state index in [1.54, 1.807) is 20.8 Å². The molecule has 0 heterocycles. The molecular formula is C19H25N3O4. The van der Waals surface area contributed by atoms with E-state index in [9.17, 15) is 14.7 Å². The molecule has 1 atom stereocenters. The topological polar surface area (TPSA) is 99.7 Å². The van der Waals surface area contributed by atoms with Gasteiger partial charge < -0.3 is 15.2 Å². The van der Waals surface area contributed by atoms with Crippen LogP contribution < -0.4 is 16.2 Å². The number of aliphatic hydroxyl groups is 1. The van der Waals surface area contributed by atoms with Crippen molar-refractivity contribution in [2.75, 3.05) is 11.9 Å². The Bertz CT molecular complexity index is 771. The lowest BCUT2D eigenvalue weighted by Crippen LogP contribution is -2.50. The lowest BCUT2D eigenvalue weighted by atomic mass is 10.1. The average Bonchev–Trinajstić information content (AvgIpc) is 2.57. The van der Waals surface area contributed by atoms with Crippen LogP contribution in [0.4, 0.5) is 10.5 Å². The predicted octanol–water partition coefficient (Wildman–Crippen LogP) is 2.56. The van der Waals surface area contributed by atoms with Crippen LogP contribution in [-0.4, -0.2) is 35.4 Å². The number of hydrogen-bond acceptors (Lipinski definition) is 5. The number of fused-ring (bicyclic) bond motifs is 1. The quantitative estimate of drug-likeness (QED) is 0.615. The molecule has 0 saturated carbocycles. The first-order valence-electron chi connectivity index (χ1n) is 8.43. The van der Waals surface area contributed by atoms with Gasteiger partial charge in [-0.05, 0) is 50.1 Å². The number of rotatable bonds is 5. The molecule has 0 aliphatic heterocycles. The Morgan fingerprint density at radius 2 is 1.77 bits per heavy atom. The minimum atomic E-state index is -0.751. The summed E-state index contributed by atoms with van der Waals surface area (Å²) in [6, 6.07) is 12.9. The van der Waals surface area contributed by atoms with Crippen LogP contribution in [0.2, 0.25) is 0 Å². The number of amides is 2. The summed E-state index contributed by atoms with van der Waals surface area (Å²) in [6.45, 7) is 5.00. The first-order chi connectivity index (χ1) is 12.3. The molecule has 1 unspecified atom stereocenters. The highest BCUT2D eigenvalue weighted by molar-refractivity contribution is 5.89. The predicted molar refractivity (Wildman–Crippen MR) is 101 cm³/mol. The highest BCUT2D eigenvalue weighted by Gasteiger charge is 2.20. The lowest BCUT2D eigenvalue weighted by Gasteiger charge is -2.22. The number of benzene rings is 2. The minimum Gasteiger partial charge on any atom is -0.443 e. The zero-order valence-corrected chi connectivity index (χ0v) is 15.2. The van der Waals surface area contributed by atoms with Gasteiger partial charge in [0.15, 0.2) is 0 Å². The van der Waals surface area contributed by atoms with Crippen molar-refractivity contribution in [3.63, 3.8) is 0 Å². The molecule has 26 heavy (non-hydrogen) atoms. The number of ether oxygens (including phenoxy) is 1. The van der Waals surface area contributed by atoms with E-state index in [0.717, 1.165) is 16.5 Å². The van der Waals surface area contributed by atoms with Crippen molar-refractivity contribution in [3.05, 3.63) is 42.5 Å². The molecule has 2 amide bonds. The molecule has 4 N–H and O–H groups in total. The summed E-state index contributed by atoms with van der Waals surface area (Å²) >= 11 is 0. The van der Waals surface area contributed by atoms with Gasteiger partial charge in [-0.2, -0.15) is 0 Å². The van der Waals surface area contributed by atoms with Crippen molar-refractivity contribution < 1.29 is 19.4 Å². The van der Waals surface area contributed by atoms with E-state index in [-0.39, 0.29) is 13.0 Å². The number of anilines is 1. The Morgan fingerprint density at radius 1 is 1.08 bits per heavy atom. The highest BCUT2D eigenvalue weighted by Crippen LogP contribution is 2.19. The number of carbonyl (C=O) groups excluding carboxylic acids is 2. The number of hydrogen-bond donors (Lipinski definition) is 4. The molecule has 0 bridgehead atoms. The second-order valence-corrected chi connectivity index (χ2v) is 6.89. The summed E-state index contributed by atoms with van der Waals surface area (Å²) < 4.78 is 5.06. The van der Waals surface area contributed by atoms with Gasteiger partial charge in [-0.15, -0.1) is 0 Å². The normalized spacial score (nSPS) is 12.3. The number of aliphatic hydroxyl groups excluding tert-OH is 1. The van der Waals surface area contributed by atoms with Crippen LogP contribution in [0.15, 0.2) is 42.5 Å². The maximum absolute atomic E-state index is 12.3. The molecule has 0 radical (unpaired) electrons. The molecule has 7 heteroatoms. The molecule has 2 aromatic rings. The Labute approximate surface area is 152 Å². The summed E-state index contributed by atoms with van der Waals surface area (Å²) in [6.07, 6.45) is -0.561. The van der Waals surface area contributed by atoms with Gasteiger partial charge in [0.2, 0.25) is 0 Å². The van der Waals surface area contributed by atoms with Gasteiger partial charge in [-0.3, -0.25) is 10.2 Å². The zero-order chi connectivity index (χ0) is 19.2. The van der Waals surface area contributed by atoms with Gasteiger partial charge in [0.25, 0.3) is 5.91 Å². The van der Waals surface area contributed by atoms with Crippen LogP contribution in [0.25, 0.3) is 10.8 Å². The molecule has 2 rings (SSSR count). The third kappa shape index (κ3) is 5.93. The Morgan fingerprint density at radius 3 is 2.42 bits per heavy atom. The summed E-state index contributed by atoms with van der Waals surface area (Å²) in [7, 11) is 0. The molecule has 0 aromatic heterocycles. The molecule has 0 aliphatic carbocycles. The summed E-state index contributed by atoms with van der Waals surface area (Å²) in [5.41, 5.74) is 4.60. The fourth-order valence-corrected chi connectivity index (χ4v) is 2.38. The third-order valence-corrected chi connectivity index (χ3v) is 3.51. The zero-order valence-electron chi connectivity index (χ0n) is 15.2. The van der Waals surface area contributed by atoms with E-state index in [2.05, 4.69) is 16.2 Å². The first-order valence-corrected chi connectivity index (χ1v) is 8.43. The van der Waals surface area contributed by atoms with E-state index < -0.39 is 23.6 Å². The third-order valence-electron chi connectivity index (χ3n) is 3.51. The van der Waals surface area contributed by atoms with Crippen LogP contribution in [-0.2, 0) is 9.53 Å². The van der Waals surface area contributed by atoms with Crippen molar-refractivity contribution in [2.45, 2.75) is 38.8 Å². The molecule has 0 saturated heterocycles. The fourth-order valence-electron chi connectivity index (χ4n) is 2.38. The molecule has 0 spiro atoms. The molecule has 0 fully saturated rings. The molecule has 7 nitrogen and oxygen atoms in total. The van der Waals surface area contributed by atoms with Crippen LogP contribution in [0, 0.1) is 0 Å². The van der Waals surface area contributed by atoms with E-state index in [4.69, 9.17) is 4.74 Å². The Balaban J connectivity index is 2.00. The van der Waals surface area contributed by atoms with Crippen molar-refractivity contribution in [2.24, 2.45) is 0 Å². The van der Waals surface area contributed by atoms with Gasteiger partial charge in [0.1, 0.15) is 11.6 Å². The van der Waals surface area contributed by atoms with Gasteiger partial charge in [0, 0.05) is 12.3 Å². The van der Waals surface area contributed by atoms with Crippen molar-refractivity contribution in [1.82, 2.24) is 10.9 Å². The first kappa shape index (κ1) is 19.5. The largest absolute Gasteiger partial charge is 0.443 e. The minimum absolute atomic E-state index is 0.175. The van der Waals surface area contributed by atoms with Gasteiger partial charge >= 0.3 is 6.09 Å².